The van der Waals surface area contributed by atoms with E-state index >= 15 is 0 Å². The molecule has 0 aliphatic heterocycles. The second-order valence-electron chi connectivity index (χ2n) is 4.45. The van der Waals surface area contributed by atoms with Crippen molar-refractivity contribution in [2.75, 3.05) is 5.32 Å². The Morgan fingerprint density at radius 1 is 0.885 bits per heavy atom. The Kier molecular flexibility index (Phi) is 5.48. The number of alkyl halides is 11. The molecule has 0 spiro atoms. The summed E-state index contributed by atoms with van der Waals surface area (Å²) >= 11 is 0. The van der Waals surface area contributed by atoms with Crippen LogP contribution in [0.4, 0.5) is 54.1 Å². The van der Waals surface area contributed by atoms with Gasteiger partial charge in [0.05, 0.1) is 0 Å². The van der Waals surface area contributed by atoms with Crippen molar-refractivity contribution in [2.24, 2.45) is 0 Å². The summed E-state index contributed by atoms with van der Waals surface area (Å²) in [7, 11) is 0. The molecular weight excluding hydrogens is 401 g/mol. The Labute approximate surface area is 135 Å². The van der Waals surface area contributed by atoms with E-state index in [-0.39, 0.29) is 0 Å². The van der Waals surface area contributed by atoms with Crippen LogP contribution in [-0.4, -0.2) is 41.1 Å². The molecule has 0 aliphatic rings. The predicted octanol–water partition coefficient (Wildman–Crippen LogP) is 4.06. The van der Waals surface area contributed by atoms with Gasteiger partial charge >= 0.3 is 36.1 Å². The minimum atomic E-state index is -7.24. The molecule has 148 valence electrons. The first kappa shape index (κ1) is 21.9. The van der Waals surface area contributed by atoms with E-state index in [4.69, 9.17) is 0 Å². The number of pyridine rings is 1. The topological polar surface area (TPSA) is 51.2 Å². The largest absolute Gasteiger partial charge is 0.462 e. The summed E-state index contributed by atoms with van der Waals surface area (Å²) in [5.74, 6) is -17.5. The molecule has 1 atom stereocenters. The summed E-state index contributed by atoms with van der Waals surface area (Å²) in [5, 5.41) is 0.972. The van der Waals surface area contributed by atoms with Gasteiger partial charge in [-0.05, 0) is 12.1 Å². The number of carbonyl (C=O) groups excluding carboxylic acids is 1. The highest BCUT2D eigenvalue weighted by Crippen LogP contribution is 2.51. The number of ether oxygens (including phenoxy) is 1. The number of hydrogen-bond acceptors (Lipinski definition) is 3. The quantitative estimate of drug-likeness (QED) is 0.751. The fourth-order valence-corrected chi connectivity index (χ4v) is 1.27. The number of anilines is 1. The molecular formula is C11H5F11N2O2. The minimum Gasteiger partial charge on any atom is -0.305 e. The van der Waals surface area contributed by atoms with Gasteiger partial charge in [0, 0.05) is 6.20 Å². The Hall–Kier alpha value is -2.19. The molecule has 1 unspecified atom stereocenters. The zero-order chi connectivity index (χ0) is 20.6. The average Bonchev–Trinajstić information content (AvgIpc) is 2.45. The van der Waals surface area contributed by atoms with Gasteiger partial charge in [-0.2, -0.15) is 48.3 Å². The molecule has 0 aliphatic carbocycles. The summed E-state index contributed by atoms with van der Waals surface area (Å²) in [6.45, 7) is 0. The van der Waals surface area contributed by atoms with Crippen LogP contribution in [0.3, 0.4) is 0 Å². The lowest BCUT2D eigenvalue weighted by atomic mass is 10.2. The smallest absolute Gasteiger partial charge is 0.305 e. The van der Waals surface area contributed by atoms with Gasteiger partial charge in [-0.3, -0.25) is 9.53 Å². The lowest BCUT2D eigenvalue weighted by Crippen LogP contribution is -2.62. The van der Waals surface area contributed by atoms with Crippen LogP contribution in [0.2, 0.25) is 0 Å². The molecule has 0 saturated carbocycles. The van der Waals surface area contributed by atoms with Crippen molar-refractivity contribution in [3.8, 4) is 0 Å². The molecule has 0 radical (unpaired) electrons. The maximum Gasteiger partial charge on any atom is 0.462 e. The fourth-order valence-electron chi connectivity index (χ4n) is 1.27. The van der Waals surface area contributed by atoms with Gasteiger partial charge in [-0.1, -0.05) is 6.07 Å². The van der Waals surface area contributed by atoms with Crippen molar-refractivity contribution < 1.29 is 57.8 Å². The van der Waals surface area contributed by atoms with Crippen LogP contribution >= 0.6 is 0 Å². The second-order valence-corrected chi connectivity index (χ2v) is 4.45. The monoisotopic (exact) mass is 406 g/mol. The van der Waals surface area contributed by atoms with E-state index in [2.05, 4.69) is 9.72 Å². The van der Waals surface area contributed by atoms with Crippen molar-refractivity contribution in [1.29, 1.82) is 0 Å². The van der Waals surface area contributed by atoms with E-state index < -0.39 is 42.0 Å². The van der Waals surface area contributed by atoms with Gasteiger partial charge in [-0.25, -0.2) is 4.98 Å². The summed E-state index contributed by atoms with van der Waals surface area (Å²) in [5.41, 5.74) is 0. The third kappa shape index (κ3) is 3.96. The Morgan fingerprint density at radius 3 is 1.81 bits per heavy atom. The molecule has 1 aromatic rings. The van der Waals surface area contributed by atoms with Crippen LogP contribution < -0.4 is 5.32 Å². The fraction of sp³-hybridized carbons (Fsp3) is 0.455. The van der Waals surface area contributed by atoms with Crippen molar-refractivity contribution in [1.82, 2.24) is 4.98 Å². The molecule has 1 aromatic heterocycles. The van der Waals surface area contributed by atoms with Gasteiger partial charge in [0.15, 0.2) is 0 Å². The van der Waals surface area contributed by atoms with Crippen LogP contribution in [0.1, 0.15) is 0 Å². The van der Waals surface area contributed by atoms with Crippen LogP contribution in [0.15, 0.2) is 24.4 Å². The Morgan fingerprint density at radius 2 is 1.42 bits per heavy atom. The lowest BCUT2D eigenvalue weighted by molar-refractivity contribution is -0.472. The zero-order valence-corrected chi connectivity index (χ0v) is 11.7. The standard InChI is InChI=1S/C11H5F11N2O2/c12-7(9(15,16)17,6(25)24-5-3-1-2-4-23-5)26-11(21,22)8(13,14)10(18,19)20/h1-4H,(H,23,24,25). The van der Waals surface area contributed by atoms with Crippen LogP contribution in [-0.2, 0) is 9.53 Å². The number of amides is 1. The molecule has 0 saturated heterocycles. The number of halogens is 11. The molecule has 1 N–H and O–H groups in total. The van der Waals surface area contributed by atoms with Crippen LogP contribution in [0.5, 0.6) is 0 Å². The van der Waals surface area contributed by atoms with Crippen LogP contribution in [0, 0.1) is 0 Å². The molecule has 1 amide bonds. The zero-order valence-electron chi connectivity index (χ0n) is 11.7. The van der Waals surface area contributed by atoms with E-state index in [0.717, 1.165) is 29.7 Å². The maximum absolute atomic E-state index is 13.8. The third-order valence-corrected chi connectivity index (χ3v) is 2.55. The second kappa shape index (κ2) is 6.51. The highest BCUT2D eigenvalue weighted by Gasteiger charge is 2.79. The van der Waals surface area contributed by atoms with E-state index in [0.29, 0.717) is 0 Å². The van der Waals surface area contributed by atoms with E-state index in [1.54, 1.807) is 0 Å². The molecule has 0 fully saturated rings. The number of carbonyl (C=O) groups is 1. The summed E-state index contributed by atoms with van der Waals surface area (Å²) in [4.78, 5) is 14.5. The van der Waals surface area contributed by atoms with Crippen LogP contribution in [0.25, 0.3) is 0 Å². The summed E-state index contributed by atoms with van der Waals surface area (Å²) < 4.78 is 141. The first-order valence-electron chi connectivity index (χ1n) is 5.96. The molecule has 0 aromatic carbocycles. The Bertz CT molecular complexity index is 644. The molecule has 15 heteroatoms. The molecule has 0 bridgehead atoms. The molecule has 1 heterocycles. The van der Waals surface area contributed by atoms with Gasteiger partial charge < -0.3 is 5.32 Å². The lowest BCUT2D eigenvalue weighted by Gasteiger charge is -2.33. The molecule has 26 heavy (non-hydrogen) atoms. The van der Waals surface area contributed by atoms with Crippen molar-refractivity contribution in [3.63, 3.8) is 0 Å². The third-order valence-electron chi connectivity index (χ3n) is 2.55. The Balaban J connectivity index is 3.27. The molecule has 1 rings (SSSR count). The number of nitrogens with zero attached hydrogens (tertiary/aromatic N) is 1. The highest BCUT2D eigenvalue weighted by molar-refractivity contribution is 5.96. The normalized spacial score (nSPS) is 16.1. The maximum atomic E-state index is 13.8. The predicted molar refractivity (Wildman–Crippen MR) is 59.8 cm³/mol. The first-order chi connectivity index (χ1) is 11.5. The van der Waals surface area contributed by atoms with Gasteiger partial charge in [-0.15, -0.1) is 0 Å². The van der Waals surface area contributed by atoms with Gasteiger partial charge in [0.25, 0.3) is 0 Å². The summed E-state index contributed by atoms with van der Waals surface area (Å²) in [6, 6.07) is 2.93. The number of hydrogen-bond donors (Lipinski definition) is 1. The summed E-state index contributed by atoms with van der Waals surface area (Å²) in [6.07, 6.45) is -20.1. The number of rotatable bonds is 5. The number of nitrogens with one attached hydrogen (secondary N) is 1. The van der Waals surface area contributed by atoms with Gasteiger partial charge in [0.2, 0.25) is 0 Å². The molecule has 4 nitrogen and oxygen atoms in total. The van der Waals surface area contributed by atoms with Crippen molar-refractivity contribution >= 4 is 11.7 Å². The van der Waals surface area contributed by atoms with Crippen molar-refractivity contribution in [3.05, 3.63) is 24.4 Å². The SMILES string of the molecule is O=C(Nc1ccccn1)C(F)(OC(F)(F)C(F)(F)C(F)(F)F)C(F)(F)F. The van der Waals surface area contributed by atoms with Gasteiger partial charge in [0.1, 0.15) is 5.82 Å². The van der Waals surface area contributed by atoms with E-state index in [1.807, 2.05) is 0 Å². The van der Waals surface area contributed by atoms with E-state index in [1.165, 1.54) is 0 Å². The minimum absolute atomic E-state index is 0.733. The average molecular weight is 406 g/mol. The van der Waals surface area contributed by atoms with E-state index in [9.17, 15) is 53.1 Å². The number of aromatic nitrogens is 1. The highest BCUT2D eigenvalue weighted by atomic mass is 19.4. The van der Waals surface area contributed by atoms with Crippen molar-refractivity contribution in [2.45, 2.75) is 30.2 Å². The first-order valence-corrected chi connectivity index (χ1v) is 5.96.